The largest absolute Gasteiger partial charge is 0.505 e. The van der Waals surface area contributed by atoms with Gasteiger partial charge in [-0.15, -0.1) is 0 Å². The number of aromatic hydroxyl groups is 1. The molecule has 4 nitrogen and oxygen atoms in total. The van der Waals surface area contributed by atoms with Crippen molar-refractivity contribution in [2.45, 2.75) is 57.4 Å². The van der Waals surface area contributed by atoms with E-state index in [4.69, 9.17) is 5.10 Å². The van der Waals surface area contributed by atoms with E-state index in [9.17, 15) is 5.11 Å². The Hall–Kier alpha value is -3.37. The normalized spacial score (nSPS) is 20.1. The van der Waals surface area contributed by atoms with Gasteiger partial charge in [0.25, 0.3) is 0 Å². The minimum Gasteiger partial charge on any atom is -0.505 e. The molecule has 0 spiro atoms. The summed E-state index contributed by atoms with van der Waals surface area (Å²) in [7, 11) is 2.02. The molecule has 1 aliphatic heterocycles. The Kier molecular flexibility index (Phi) is 5.80. The van der Waals surface area contributed by atoms with Crippen LogP contribution in [0, 0.1) is 0 Å². The van der Waals surface area contributed by atoms with Crippen LogP contribution in [0.1, 0.15) is 57.2 Å². The second-order valence-electron chi connectivity index (χ2n) is 10.7. The fraction of sp³-hybridized carbons (Fsp3) is 0.323. The minimum absolute atomic E-state index is 0.0608. The van der Waals surface area contributed by atoms with Crippen molar-refractivity contribution in [3.8, 4) is 5.75 Å². The first-order valence-corrected chi connectivity index (χ1v) is 12.5. The van der Waals surface area contributed by atoms with E-state index in [-0.39, 0.29) is 22.6 Å². The van der Waals surface area contributed by atoms with Gasteiger partial charge in [0.15, 0.2) is 0 Å². The molecule has 180 valence electrons. The molecule has 5 rings (SSSR count). The van der Waals surface area contributed by atoms with Crippen LogP contribution in [-0.4, -0.2) is 28.9 Å². The second-order valence-corrected chi connectivity index (χ2v) is 10.7. The average molecular weight is 466 g/mol. The summed E-state index contributed by atoms with van der Waals surface area (Å²) in [6.07, 6.45) is 17.1. The van der Waals surface area contributed by atoms with Crippen LogP contribution >= 0.6 is 0 Å². The summed E-state index contributed by atoms with van der Waals surface area (Å²) in [5.41, 5.74) is 5.59. The van der Waals surface area contributed by atoms with Crippen molar-refractivity contribution in [2.75, 3.05) is 12.2 Å². The Bertz CT molecular complexity index is 1280. The second kappa shape index (κ2) is 8.69. The number of allylic oxidation sites excluding steroid dienone is 6. The van der Waals surface area contributed by atoms with E-state index in [0.29, 0.717) is 5.69 Å². The number of likely N-dealkylation sites (N-methyl/N-ethyl adjacent to an activating group) is 1. The van der Waals surface area contributed by atoms with E-state index in [0.717, 1.165) is 29.7 Å². The maximum Gasteiger partial charge on any atom is 0.146 e. The molecular weight excluding hydrogens is 430 g/mol. The van der Waals surface area contributed by atoms with Gasteiger partial charge in [-0.05, 0) is 41.7 Å². The van der Waals surface area contributed by atoms with E-state index in [1.165, 1.54) is 11.1 Å². The lowest BCUT2D eigenvalue weighted by molar-refractivity contribution is 0.326. The van der Waals surface area contributed by atoms with Gasteiger partial charge in [-0.1, -0.05) is 101 Å². The third-order valence-corrected chi connectivity index (χ3v) is 7.80. The molecule has 2 aromatic rings. The molecule has 0 amide bonds. The highest BCUT2D eigenvalue weighted by Crippen LogP contribution is 2.47. The van der Waals surface area contributed by atoms with Gasteiger partial charge < -0.3 is 5.11 Å². The van der Waals surface area contributed by atoms with Crippen LogP contribution < -0.4 is 5.12 Å². The number of benzene rings is 2. The third kappa shape index (κ3) is 3.96. The van der Waals surface area contributed by atoms with Crippen LogP contribution in [0.4, 0.5) is 5.69 Å². The van der Waals surface area contributed by atoms with Crippen LogP contribution in [0.3, 0.4) is 0 Å². The minimum atomic E-state index is -0.365. The molecule has 1 atom stereocenters. The molecule has 3 aliphatic rings. The Balaban J connectivity index is 1.71. The van der Waals surface area contributed by atoms with Crippen molar-refractivity contribution in [3.63, 3.8) is 0 Å². The van der Waals surface area contributed by atoms with E-state index in [1.807, 2.05) is 24.3 Å². The number of anilines is 1. The lowest BCUT2D eigenvalue weighted by Crippen LogP contribution is -2.39. The highest BCUT2D eigenvalue weighted by atomic mass is 16.3. The standard InChI is InChI=1S/C31H35N3O/c1-30(2,22-14-8-6-9-15-22)24-20-25(31(3,4)23-16-10-7-11-17-23)29(35)28(21-24)34-32-26-18-12-13-19-27(26)33(34)5/h6,8-10,12-21,27,35H,7,11H2,1-5H3. The summed E-state index contributed by atoms with van der Waals surface area (Å²) in [6.45, 7) is 8.91. The van der Waals surface area contributed by atoms with E-state index < -0.39 is 0 Å². The monoisotopic (exact) mass is 465 g/mol. The van der Waals surface area contributed by atoms with Gasteiger partial charge in [0, 0.05) is 23.4 Å². The molecule has 1 N–H and O–H groups in total. The number of hydrogen-bond acceptors (Lipinski definition) is 4. The van der Waals surface area contributed by atoms with Crippen LogP contribution in [0.15, 0.2) is 95.7 Å². The highest BCUT2D eigenvalue weighted by Gasteiger charge is 2.37. The molecular formula is C31H35N3O. The van der Waals surface area contributed by atoms with Crippen LogP contribution in [0.25, 0.3) is 0 Å². The van der Waals surface area contributed by atoms with Crippen LogP contribution in [0.2, 0.25) is 0 Å². The molecule has 0 bridgehead atoms. The Morgan fingerprint density at radius 1 is 0.914 bits per heavy atom. The number of phenolic OH excluding ortho intramolecular Hbond substituents is 1. The molecule has 0 saturated heterocycles. The van der Waals surface area contributed by atoms with Gasteiger partial charge >= 0.3 is 0 Å². The predicted octanol–water partition coefficient (Wildman–Crippen LogP) is 6.79. The molecule has 2 aromatic carbocycles. The van der Waals surface area contributed by atoms with Gasteiger partial charge in [0.1, 0.15) is 11.4 Å². The fourth-order valence-electron chi connectivity index (χ4n) is 5.31. The topological polar surface area (TPSA) is 39.1 Å². The van der Waals surface area contributed by atoms with Gasteiger partial charge in [-0.3, -0.25) is 0 Å². The first-order chi connectivity index (χ1) is 16.7. The Morgan fingerprint density at radius 3 is 2.37 bits per heavy atom. The quantitative estimate of drug-likeness (QED) is 0.528. The Morgan fingerprint density at radius 2 is 1.69 bits per heavy atom. The number of rotatable bonds is 5. The molecule has 1 unspecified atom stereocenters. The predicted molar refractivity (Wildman–Crippen MR) is 146 cm³/mol. The summed E-state index contributed by atoms with van der Waals surface area (Å²) in [6, 6.07) is 15.0. The summed E-state index contributed by atoms with van der Waals surface area (Å²) in [5.74, 6) is 0.283. The van der Waals surface area contributed by atoms with Gasteiger partial charge in [0.2, 0.25) is 0 Å². The first-order valence-electron chi connectivity index (χ1n) is 12.5. The van der Waals surface area contributed by atoms with E-state index in [2.05, 4.69) is 106 Å². The zero-order chi connectivity index (χ0) is 24.8. The van der Waals surface area contributed by atoms with Gasteiger partial charge in [0.05, 0.1) is 11.8 Å². The lowest BCUT2D eigenvalue weighted by atomic mass is 9.71. The van der Waals surface area contributed by atoms with Crippen molar-refractivity contribution in [2.24, 2.45) is 5.10 Å². The maximum absolute atomic E-state index is 11.8. The van der Waals surface area contributed by atoms with Gasteiger partial charge in [-0.25, -0.2) is 0 Å². The zero-order valence-corrected chi connectivity index (χ0v) is 21.4. The van der Waals surface area contributed by atoms with E-state index in [1.54, 1.807) is 0 Å². The molecule has 0 fully saturated rings. The van der Waals surface area contributed by atoms with E-state index >= 15 is 0 Å². The molecule has 0 radical (unpaired) electrons. The lowest BCUT2D eigenvalue weighted by Gasteiger charge is -2.35. The fourth-order valence-corrected chi connectivity index (χ4v) is 5.31. The zero-order valence-electron chi connectivity index (χ0n) is 21.4. The summed E-state index contributed by atoms with van der Waals surface area (Å²) in [4.78, 5) is 0. The number of phenols is 1. The SMILES string of the molecule is CN1C2C=CC=CC2=NN1c1cc(C(C)(C)c2ccccc2)cc(C(C)(C)C2=CCCC=C2)c1O. The average Bonchev–Trinajstić information content (AvgIpc) is 3.21. The molecule has 4 heteroatoms. The number of fused-ring (bicyclic) bond motifs is 1. The number of hydrazone groups is 1. The maximum atomic E-state index is 11.8. The number of nitrogens with zero attached hydrogens (tertiary/aromatic N) is 3. The van der Waals surface area contributed by atoms with Crippen molar-refractivity contribution < 1.29 is 5.11 Å². The van der Waals surface area contributed by atoms with Crippen LogP contribution in [-0.2, 0) is 10.8 Å². The van der Waals surface area contributed by atoms with Crippen molar-refractivity contribution in [3.05, 3.63) is 107 Å². The first kappa shape index (κ1) is 23.4. The number of hydrogen-bond donors (Lipinski definition) is 1. The smallest absolute Gasteiger partial charge is 0.146 e. The summed E-state index contributed by atoms with van der Waals surface area (Å²) < 4.78 is 0. The van der Waals surface area contributed by atoms with Crippen molar-refractivity contribution in [1.29, 1.82) is 0 Å². The Labute approximate surface area is 209 Å². The third-order valence-electron chi connectivity index (χ3n) is 7.80. The van der Waals surface area contributed by atoms with Crippen molar-refractivity contribution in [1.82, 2.24) is 5.01 Å². The van der Waals surface area contributed by atoms with Gasteiger partial charge in [-0.2, -0.15) is 15.2 Å². The number of hydrazine groups is 1. The van der Waals surface area contributed by atoms with Crippen LogP contribution in [0.5, 0.6) is 5.75 Å². The molecule has 2 aliphatic carbocycles. The molecule has 0 aromatic heterocycles. The molecule has 1 heterocycles. The summed E-state index contributed by atoms with van der Waals surface area (Å²) in [5, 5.41) is 20.7. The molecule has 35 heavy (non-hydrogen) atoms. The van der Waals surface area contributed by atoms with Crippen molar-refractivity contribution >= 4 is 11.4 Å². The molecule has 0 saturated carbocycles. The highest BCUT2D eigenvalue weighted by molar-refractivity contribution is 6.04. The summed E-state index contributed by atoms with van der Waals surface area (Å²) >= 11 is 0.